The molecule has 200 valence electrons. The zero-order valence-electron chi connectivity index (χ0n) is 22.5. The number of hydrogen-bond donors (Lipinski definition) is 0. The highest BCUT2D eigenvalue weighted by Crippen LogP contribution is 2.44. The van der Waals surface area contributed by atoms with Gasteiger partial charge in [-0.25, -0.2) is 9.59 Å². The molecule has 0 radical (unpaired) electrons. The van der Waals surface area contributed by atoms with Gasteiger partial charge >= 0.3 is 11.3 Å². The van der Waals surface area contributed by atoms with Crippen LogP contribution >= 0.6 is 0 Å². The summed E-state index contributed by atoms with van der Waals surface area (Å²) in [5.41, 5.74) is 0.471. The van der Waals surface area contributed by atoms with E-state index in [0.29, 0.717) is 35.5 Å². The van der Waals surface area contributed by atoms with Crippen LogP contribution in [0.2, 0.25) is 0 Å². The second-order valence-electron chi connectivity index (χ2n) is 10.9. The van der Waals surface area contributed by atoms with Gasteiger partial charge in [-0.05, 0) is 56.7 Å². The van der Waals surface area contributed by atoms with Gasteiger partial charge in [-0.2, -0.15) is 0 Å². The van der Waals surface area contributed by atoms with E-state index in [-0.39, 0.29) is 6.10 Å². The molecule has 0 saturated carbocycles. The van der Waals surface area contributed by atoms with Crippen LogP contribution < -0.4 is 20.7 Å². The molecule has 8 heteroatoms. The van der Waals surface area contributed by atoms with E-state index in [0.717, 1.165) is 21.9 Å². The Morgan fingerprint density at radius 1 is 0.789 bits per heavy atom. The average molecular weight is 521 g/mol. The van der Waals surface area contributed by atoms with Crippen LogP contribution in [0.25, 0.3) is 21.9 Å². The normalized spacial score (nSPS) is 19.2. The van der Waals surface area contributed by atoms with Gasteiger partial charge < -0.3 is 27.8 Å². The molecule has 2 unspecified atom stereocenters. The second-order valence-corrected chi connectivity index (χ2v) is 10.9. The summed E-state index contributed by atoms with van der Waals surface area (Å²) in [6.07, 6.45) is -0.0464. The molecule has 3 heterocycles. The minimum Gasteiger partial charge on any atom is -0.496 e. The Labute approximate surface area is 220 Å². The Hall–Kier alpha value is -3.62. The van der Waals surface area contributed by atoms with Crippen molar-refractivity contribution in [1.29, 1.82) is 0 Å². The number of fused-ring (bicyclic) bond motifs is 2. The molecule has 0 N–H and O–H groups in total. The Kier molecular flexibility index (Phi) is 6.57. The average Bonchev–Trinajstić information content (AvgIpc) is 3.19. The van der Waals surface area contributed by atoms with E-state index < -0.39 is 28.6 Å². The standard InChI is InChI=1S/C30H32O8/c1-29(2,16-20-22(34-6)12-8-18-10-14-25(32)37-27(18)20)28-35-23(30(3,4)38-28)15-19-21(33-5)11-7-17-9-13-24(31)36-26(17)19/h7-14,23,28H,15-16H2,1-6H3. The van der Waals surface area contributed by atoms with Gasteiger partial charge in [-0.15, -0.1) is 0 Å². The summed E-state index contributed by atoms with van der Waals surface area (Å²) in [6, 6.07) is 13.8. The molecule has 1 aliphatic rings. The molecular formula is C30H32O8. The van der Waals surface area contributed by atoms with Gasteiger partial charge in [0.05, 0.1) is 25.9 Å². The Balaban J connectivity index is 1.48. The number of ether oxygens (including phenoxy) is 4. The van der Waals surface area contributed by atoms with E-state index >= 15 is 0 Å². The van der Waals surface area contributed by atoms with Crippen LogP contribution in [-0.4, -0.2) is 32.2 Å². The summed E-state index contributed by atoms with van der Waals surface area (Å²) in [5.74, 6) is 1.24. The third-order valence-corrected chi connectivity index (χ3v) is 7.27. The topological polar surface area (TPSA) is 97.3 Å². The highest BCUT2D eigenvalue weighted by Gasteiger charge is 2.49. The van der Waals surface area contributed by atoms with Crippen LogP contribution in [0.3, 0.4) is 0 Å². The monoisotopic (exact) mass is 520 g/mol. The summed E-state index contributed by atoms with van der Waals surface area (Å²) in [5, 5.41) is 1.62. The smallest absolute Gasteiger partial charge is 0.336 e. The first-order valence-electron chi connectivity index (χ1n) is 12.5. The van der Waals surface area contributed by atoms with E-state index in [4.69, 9.17) is 27.8 Å². The molecule has 2 aromatic carbocycles. The zero-order valence-corrected chi connectivity index (χ0v) is 22.5. The molecular weight excluding hydrogens is 488 g/mol. The number of rotatable bonds is 7. The lowest BCUT2D eigenvalue weighted by atomic mass is 9.84. The summed E-state index contributed by atoms with van der Waals surface area (Å²) >= 11 is 0. The van der Waals surface area contributed by atoms with Crippen molar-refractivity contribution in [2.45, 2.75) is 58.5 Å². The Morgan fingerprint density at radius 3 is 1.84 bits per heavy atom. The van der Waals surface area contributed by atoms with E-state index in [2.05, 4.69) is 0 Å². The Bertz CT molecular complexity index is 1610. The first-order valence-corrected chi connectivity index (χ1v) is 12.5. The van der Waals surface area contributed by atoms with E-state index in [1.165, 1.54) is 12.1 Å². The summed E-state index contributed by atoms with van der Waals surface area (Å²) in [4.78, 5) is 24.1. The minimum absolute atomic E-state index is 0.357. The molecule has 4 aromatic rings. The molecule has 38 heavy (non-hydrogen) atoms. The van der Waals surface area contributed by atoms with Crippen molar-refractivity contribution in [3.63, 3.8) is 0 Å². The van der Waals surface area contributed by atoms with Gasteiger partial charge in [0, 0.05) is 45.9 Å². The summed E-state index contributed by atoms with van der Waals surface area (Å²) in [7, 11) is 3.18. The maximum atomic E-state index is 12.0. The molecule has 2 atom stereocenters. The SMILES string of the molecule is COc1ccc2ccc(=O)oc2c1CC1OC(C(C)(C)Cc2c(OC)ccc3ccc(=O)oc23)OC1(C)C. The van der Waals surface area contributed by atoms with Crippen molar-refractivity contribution in [3.05, 3.63) is 80.5 Å². The molecule has 0 aliphatic carbocycles. The lowest BCUT2D eigenvalue weighted by Gasteiger charge is -2.31. The largest absolute Gasteiger partial charge is 0.496 e. The lowest BCUT2D eigenvalue weighted by Crippen LogP contribution is -2.35. The summed E-state index contributed by atoms with van der Waals surface area (Å²) < 4.78 is 35.5. The van der Waals surface area contributed by atoms with Gasteiger partial charge in [-0.3, -0.25) is 0 Å². The van der Waals surface area contributed by atoms with Crippen LogP contribution in [0.5, 0.6) is 11.5 Å². The molecule has 0 spiro atoms. The molecule has 8 nitrogen and oxygen atoms in total. The third-order valence-electron chi connectivity index (χ3n) is 7.27. The van der Waals surface area contributed by atoms with Gasteiger partial charge in [0.25, 0.3) is 0 Å². The Morgan fingerprint density at radius 2 is 1.29 bits per heavy atom. The molecule has 1 aliphatic heterocycles. The first kappa shape index (κ1) is 26.0. The fraction of sp³-hybridized carbons (Fsp3) is 0.400. The number of methoxy groups -OCH3 is 2. The first-order chi connectivity index (χ1) is 18.0. The van der Waals surface area contributed by atoms with Crippen LogP contribution in [-0.2, 0) is 22.3 Å². The van der Waals surface area contributed by atoms with Crippen molar-refractivity contribution in [2.75, 3.05) is 14.2 Å². The molecule has 0 bridgehead atoms. The third kappa shape index (κ3) is 4.70. The zero-order chi connectivity index (χ0) is 27.2. The van der Waals surface area contributed by atoms with E-state index in [1.807, 2.05) is 52.0 Å². The van der Waals surface area contributed by atoms with Crippen LogP contribution in [0, 0.1) is 5.41 Å². The highest BCUT2D eigenvalue weighted by atomic mass is 16.7. The predicted molar refractivity (Wildman–Crippen MR) is 143 cm³/mol. The molecule has 2 aromatic heterocycles. The molecule has 1 saturated heterocycles. The predicted octanol–water partition coefficient (Wildman–Crippen LogP) is 5.25. The van der Waals surface area contributed by atoms with Crippen molar-refractivity contribution < 1.29 is 27.8 Å². The van der Waals surface area contributed by atoms with E-state index in [9.17, 15) is 9.59 Å². The van der Waals surface area contributed by atoms with Crippen molar-refractivity contribution in [3.8, 4) is 11.5 Å². The van der Waals surface area contributed by atoms with E-state index in [1.54, 1.807) is 26.4 Å². The van der Waals surface area contributed by atoms with Crippen LogP contribution in [0.15, 0.2) is 67.0 Å². The number of hydrogen-bond acceptors (Lipinski definition) is 8. The maximum absolute atomic E-state index is 12.0. The quantitative estimate of drug-likeness (QED) is 0.305. The van der Waals surface area contributed by atoms with Crippen LogP contribution in [0.1, 0.15) is 38.8 Å². The van der Waals surface area contributed by atoms with Gasteiger partial charge in [0.1, 0.15) is 22.7 Å². The fourth-order valence-electron chi connectivity index (χ4n) is 5.14. The molecule has 5 rings (SSSR count). The minimum atomic E-state index is -0.653. The van der Waals surface area contributed by atoms with Gasteiger partial charge in [-0.1, -0.05) is 13.8 Å². The van der Waals surface area contributed by atoms with Crippen molar-refractivity contribution >= 4 is 21.9 Å². The highest BCUT2D eigenvalue weighted by molar-refractivity contribution is 5.83. The molecule has 1 fully saturated rings. The second kappa shape index (κ2) is 9.60. The maximum Gasteiger partial charge on any atom is 0.336 e. The lowest BCUT2D eigenvalue weighted by molar-refractivity contribution is -0.147. The molecule has 0 amide bonds. The summed E-state index contributed by atoms with van der Waals surface area (Å²) in [6.45, 7) is 8.07. The number of benzene rings is 2. The van der Waals surface area contributed by atoms with Crippen molar-refractivity contribution in [2.24, 2.45) is 5.41 Å². The van der Waals surface area contributed by atoms with Gasteiger partial charge in [0.15, 0.2) is 6.29 Å². The fourth-order valence-corrected chi connectivity index (χ4v) is 5.14. The van der Waals surface area contributed by atoms with Crippen LogP contribution in [0.4, 0.5) is 0 Å². The van der Waals surface area contributed by atoms with Gasteiger partial charge in [0.2, 0.25) is 0 Å². The van der Waals surface area contributed by atoms with Crippen molar-refractivity contribution in [1.82, 2.24) is 0 Å².